The van der Waals surface area contributed by atoms with Gasteiger partial charge in [0.05, 0.1) is 40.2 Å². The second-order valence-corrected chi connectivity index (χ2v) is 9.42. The summed E-state index contributed by atoms with van der Waals surface area (Å²) in [4.78, 5) is 21.5. The van der Waals surface area contributed by atoms with E-state index in [0.717, 1.165) is 33.5 Å². The van der Waals surface area contributed by atoms with E-state index in [-0.39, 0.29) is 18.8 Å². The van der Waals surface area contributed by atoms with E-state index in [1.807, 2.05) is 36.7 Å². The second kappa shape index (κ2) is 9.44. The van der Waals surface area contributed by atoms with Gasteiger partial charge in [-0.1, -0.05) is 5.16 Å². The van der Waals surface area contributed by atoms with Gasteiger partial charge in [0.2, 0.25) is 5.92 Å². The van der Waals surface area contributed by atoms with Gasteiger partial charge in [-0.15, -0.1) is 0 Å². The maximum atomic E-state index is 13.7. The van der Waals surface area contributed by atoms with Crippen molar-refractivity contribution in [1.82, 2.24) is 19.7 Å². The summed E-state index contributed by atoms with van der Waals surface area (Å²) in [5.74, 6) is -1.52. The molecule has 0 spiro atoms. The van der Waals surface area contributed by atoms with E-state index in [4.69, 9.17) is 14.2 Å². The number of nitrogens with zero attached hydrogens (tertiary/aromatic N) is 4. The highest BCUT2D eigenvalue weighted by atomic mass is 19.3. The van der Waals surface area contributed by atoms with Crippen LogP contribution in [0.4, 0.5) is 8.78 Å². The fourth-order valence-electron chi connectivity index (χ4n) is 4.97. The molecule has 188 valence electrons. The molecule has 4 heterocycles. The number of alkyl halides is 2. The van der Waals surface area contributed by atoms with Crippen molar-refractivity contribution in [2.45, 2.75) is 58.8 Å². The van der Waals surface area contributed by atoms with Crippen LogP contribution in [-0.2, 0) is 11.2 Å². The summed E-state index contributed by atoms with van der Waals surface area (Å²) >= 11 is 0. The zero-order valence-corrected chi connectivity index (χ0v) is 20.6. The van der Waals surface area contributed by atoms with Crippen LogP contribution in [0, 0.1) is 19.8 Å². The highest BCUT2D eigenvalue weighted by molar-refractivity contribution is 5.89. The molecular formula is C27H28F2N4O3. The number of rotatable bonds is 6. The van der Waals surface area contributed by atoms with Crippen LogP contribution in [0.3, 0.4) is 0 Å². The Kier molecular flexibility index (Phi) is 6.32. The highest BCUT2D eigenvalue weighted by Crippen LogP contribution is 2.39. The summed E-state index contributed by atoms with van der Waals surface area (Å²) in [7, 11) is 0. The van der Waals surface area contributed by atoms with Gasteiger partial charge >= 0.3 is 5.97 Å². The van der Waals surface area contributed by atoms with Crippen LogP contribution in [0.5, 0.6) is 0 Å². The number of halogens is 2. The molecule has 1 aliphatic rings. The summed E-state index contributed by atoms with van der Waals surface area (Å²) in [6.45, 7) is 5.77. The molecule has 0 N–H and O–H groups in total. The molecule has 0 aromatic carbocycles. The topological polar surface area (TPSA) is 83.0 Å². The van der Waals surface area contributed by atoms with Gasteiger partial charge in [0.1, 0.15) is 11.6 Å². The summed E-state index contributed by atoms with van der Waals surface area (Å²) in [6.07, 6.45) is 4.93. The molecule has 0 bridgehead atoms. The largest absolute Gasteiger partial charge is 0.462 e. The second-order valence-electron chi connectivity index (χ2n) is 9.42. The fourth-order valence-corrected chi connectivity index (χ4v) is 4.97. The SMILES string of the molecule is CCOC(=O)c1ccc(-n2cc(CC3CCC(F)(F)CC3)c3nc(-c4c(C)noc4C)ccc32)nc1. The van der Waals surface area contributed by atoms with Crippen molar-refractivity contribution in [2.75, 3.05) is 6.61 Å². The van der Waals surface area contributed by atoms with E-state index in [0.29, 0.717) is 43.0 Å². The van der Waals surface area contributed by atoms with Crippen LogP contribution in [-0.4, -0.2) is 38.2 Å². The summed E-state index contributed by atoms with van der Waals surface area (Å²) in [5, 5.41) is 4.05. The summed E-state index contributed by atoms with van der Waals surface area (Å²) < 4.78 is 39.8. The van der Waals surface area contributed by atoms with Crippen molar-refractivity contribution in [3.8, 4) is 17.1 Å². The third-order valence-corrected chi connectivity index (χ3v) is 6.86. The lowest BCUT2D eigenvalue weighted by Crippen LogP contribution is -2.25. The van der Waals surface area contributed by atoms with Gasteiger partial charge in [0.15, 0.2) is 0 Å². The van der Waals surface area contributed by atoms with Gasteiger partial charge < -0.3 is 9.26 Å². The van der Waals surface area contributed by atoms with Crippen LogP contribution < -0.4 is 0 Å². The molecule has 1 saturated carbocycles. The van der Waals surface area contributed by atoms with Crippen LogP contribution in [0.2, 0.25) is 0 Å². The number of ether oxygens (including phenoxy) is 1. The minimum absolute atomic E-state index is 0.0784. The molecule has 7 nitrogen and oxygen atoms in total. The molecular weight excluding hydrogens is 466 g/mol. The molecule has 4 aromatic rings. The Bertz CT molecular complexity index is 1380. The van der Waals surface area contributed by atoms with E-state index in [1.54, 1.807) is 19.1 Å². The van der Waals surface area contributed by atoms with E-state index >= 15 is 0 Å². The number of hydrogen-bond acceptors (Lipinski definition) is 6. The molecule has 0 radical (unpaired) electrons. The molecule has 0 amide bonds. The Morgan fingerprint density at radius 3 is 2.61 bits per heavy atom. The number of hydrogen-bond donors (Lipinski definition) is 0. The third kappa shape index (κ3) is 4.62. The van der Waals surface area contributed by atoms with Crippen molar-refractivity contribution in [3.05, 3.63) is 59.2 Å². The van der Waals surface area contributed by atoms with Crippen molar-refractivity contribution in [3.63, 3.8) is 0 Å². The van der Waals surface area contributed by atoms with Gasteiger partial charge in [-0.05, 0) is 75.8 Å². The van der Waals surface area contributed by atoms with E-state index in [1.165, 1.54) is 6.20 Å². The van der Waals surface area contributed by atoms with Gasteiger partial charge in [0.25, 0.3) is 0 Å². The predicted octanol–water partition coefficient (Wildman–Crippen LogP) is 6.24. The third-order valence-electron chi connectivity index (χ3n) is 6.86. The molecule has 0 saturated heterocycles. The Labute approximate surface area is 207 Å². The molecule has 0 atom stereocenters. The van der Waals surface area contributed by atoms with Gasteiger partial charge in [0, 0.05) is 25.2 Å². The smallest absolute Gasteiger partial charge is 0.339 e. The highest BCUT2D eigenvalue weighted by Gasteiger charge is 2.35. The molecule has 1 aliphatic carbocycles. The Morgan fingerprint density at radius 1 is 1.19 bits per heavy atom. The number of aryl methyl sites for hydroxylation is 2. The van der Waals surface area contributed by atoms with E-state index in [9.17, 15) is 13.6 Å². The minimum Gasteiger partial charge on any atom is -0.462 e. The number of esters is 1. The molecule has 0 aliphatic heterocycles. The lowest BCUT2D eigenvalue weighted by atomic mass is 9.83. The Morgan fingerprint density at radius 2 is 1.97 bits per heavy atom. The minimum atomic E-state index is -2.57. The lowest BCUT2D eigenvalue weighted by molar-refractivity contribution is -0.0456. The summed E-state index contributed by atoms with van der Waals surface area (Å²) in [6, 6.07) is 7.34. The molecule has 0 unspecified atom stereocenters. The van der Waals surface area contributed by atoms with Gasteiger partial charge in [-0.3, -0.25) is 4.57 Å². The molecule has 1 fully saturated rings. The summed E-state index contributed by atoms with van der Waals surface area (Å²) in [5.41, 5.74) is 5.35. The first-order valence-electron chi connectivity index (χ1n) is 12.2. The van der Waals surface area contributed by atoms with E-state index < -0.39 is 11.9 Å². The van der Waals surface area contributed by atoms with Crippen molar-refractivity contribution >= 4 is 17.0 Å². The van der Waals surface area contributed by atoms with Crippen LogP contribution in [0.15, 0.2) is 41.2 Å². The zero-order valence-electron chi connectivity index (χ0n) is 20.6. The van der Waals surface area contributed by atoms with Gasteiger partial charge in [-0.25, -0.2) is 23.5 Å². The first-order valence-corrected chi connectivity index (χ1v) is 12.2. The van der Waals surface area contributed by atoms with Gasteiger partial charge in [-0.2, -0.15) is 0 Å². The number of fused-ring (bicyclic) bond motifs is 1. The number of carbonyl (C=O) groups excluding carboxylic acids is 1. The zero-order chi connectivity index (χ0) is 25.4. The molecule has 5 rings (SSSR count). The maximum absolute atomic E-state index is 13.7. The Hall–Kier alpha value is -3.62. The predicted molar refractivity (Wildman–Crippen MR) is 130 cm³/mol. The van der Waals surface area contributed by atoms with Crippen LogP contribution in [0.25, 0.3) is 28.1 Å². The van der Waals surface area contributed by atoms with E-state index in [2.05, 4.69) is 10.1 Å². The molecule has 9 heteroatoms. The van der Waals surface area contributed by atoms with Crippen molar-refractivity contribution < 1.29 is 22.8 Å². The lowest BCUT2D eigenvalue weighted by Gasteiger charge is -2.28. The Balaban J connectivity index is 1.56. The standard InChI is InChI=1S/C27H28F2N4O3/c1-4-35-26(34)19-5-8-23(30-14-19)33-15-20(13-18-9-11-27(28,29)12-10-18)25-22(33)7-6-21(31-25)24-16(2)32-36-17(24)3/h5-8,14-15,18H,4,9-13H2,1-3H3. The monoisotopic (exact) mass is 494 g/mol. The number of aromatic nitrogens is 4. The first-order chi connectivity index (χ1) is 17.3. The average Bonchev–Trinajstić information content (AvgIpc) is 3.39. The number of pyridine rings is 2. The van der Waals surface area contributed by atoms with Crippen molar-refractivity contribution in [1.29, 1.82) is 0 Å². The first kappa shape index (κ1) is 24.1. The maximum Gasteiger partial charge on any atom is 0.339 e. The molecule has 36 heavy (non-hydrogen) atoms. The normalized spacial score (nSPS) is 15.9. The van der Waals surface area contributed by atoms with Crippen molar-refractivity contribution in [2.24, 2.45) is 5.92 Å². The number of carbonyl (C=O) groups is 1. The fraction of sp³-hybridized carbons (Fsp3) is 0.407. The van der Waals surface area contributed by atoms with Crippen LogP contribution >= 0.6 is 0 Å². The molecule has 4 aromatic heterocycles. The average molecular weight is 495 g/mol. The quantitative estimate of drug-likeness (QED) is 0.295. The van der Waals surface area contributed by atoms with Crippen LogP contribution in [0.1, 0.15) is 60.0 Å².